The van der Waals surface area contributed by atoms with Crippen LogP contribution in [0.2, 0.25) is 0 Å². The van der Waals surface area contributed by atoms with Gasteiger partial charge in [0.15, 0.2) is 0 Å². The van der Waals surface area contributed by atoms with Crippen molar-refractivity contribution >= 4 is 38.5 Å². The quantitative estimate of drug-likeness (QED) is 0.909. The Kier molecular flexibility index (Phi) is 4.16. The fourth-order valence-corrected chi connectivity index (χ4v) is 2.09. The average Bonchev–Trinajstić information content (AvgIpc) is 2.43. The van der Waals surface area contributed by atoms with Gasteiger partial charge in [0.1, 0.15) is 0 Å². The molecule has 0 fully saturated rings. The van der Waals surface area contributed by atoms with Gasteiger partial charge in [-0.25, -0.2) is 0 Å². The summed E-state index contributed by atoms with van der Waals surface area (Å²) in [7, 11) is 1.53. The molecule has 0 aromatic heterocycles. The van der Waals surface area contributed by atoms with Gasteiger partial charge in [0, 0.05) is 17.1 Å². The minimum Gasteiger partial charge on any atom is -0.358 e. The number of likely N-dealkylation sites (N-methyl/N-ethyl adjacent to an activating group) is 1. The van der Waals surface area contributed by atoms with Gasteiger partial charge in [-0.2, -0.15) is 0 Å². The van der Waals surface area contributed by atoms with E-state index >= 15 is 0 Å². The predicted octanol–water partition coefficient (Wildman–Crippen LogP) is 2.08. The topological polar surface area (TPSA) is 58.2 Å². The van der Waals surface area contributed by atoms with E-state index in [2.05, 4.69) is 26.6 Å². The van der Waals surface area contributed by atoms with E-state index in [0.29, 0.717) is 5.56 Å². The fourth-order valence-electron chi connectivity index (χ4n) is 1.71. The van der Waals surface area contributed by atoms with Crippen LogP contribution in [0.5, 0.6) is 0 Å². The van der Waals surface area contributed by atoms with E-state index in [4.69, 9.17) is 0 Å². The smallest absolute Gasteiger partial charge is 0.251 e. The Hall–Kier alpha value is -1.88. The van der Waals surface area contributed by atoms with E-state index in [0.717, 1.165) is 15.2 Å². The molecule has 2 N–H and O–H groups in total. The van der Waals surface area contributed by atoms with Crippen molar-refractivity contribution in [1.29, 1.82) is 0 Å². The van der Waals surface area contributed by atoms with Crippen molar-refractivity contribution in [2.45, 2.75) is 0 Å². The van der Waals surface area contributed by atoms with Crippen LogP contribution in [0, 0.1) is 0 Å². The molecule has 0 aliphatic heterocycles. The number of rotatable bonds is 3. The van der Waals surface area contributed by atoms with E-state index in [1.807, 2.05) is 24.3 Å². The van der Waals surface area contributed by atoms with Crippen LogP contribution in [0.15, 0.2) is 40.9 Å². The SMILES string of the molecule is CNC(=O)CNC(=O)c1ccc2cc(Br)ccc2c1. The maximum absolute atomic E-state index is 11.9. The minimum absolute atomic E-state index is 0.0201. The second-order valence-electron chi connectivity index (χ2n) is 4.06. The number of hydrogen-bond acceptors (Lipinski definition) is 2. The molecule has 0 saturated heterocycles. The van der Waals surface area contributed by atoms with Crippen LogP contribution < -0.4 is 10.6 Å². The zero-order valence-electron chi connectivity index (χ0n) is 10.4. The first-order chi connectivity index (χ1) is 9.10. The zero-order chi connectivity index (χ0) is 13.8. The van der Waals surface area contributed by atoms with Crippen LogP contribution in [0.3, 0.4) is 0 Å². The standard InChI is InChI=1S/C14H13BrN2O2/c1-16-13(18)8-17-14(19)11-3-2-10-7-12(15)5-4-9(10)6-11/h2-7H,8H2,1H3,(H,16,18)(H,17,19). The molecule has 98 valence electrons. The molecule has 19 heavy (non-hydrogen) atoms. The summed E-state index contributed by atoms with van der Waals surface area (Å²) in [5.41, 5.74) is 0.540. The lowest BCUT2D eigenvalue weighted by Gasteiger charge is -2.06. The number of fused-ring (bicyclic) bond motifs is 1. The van der Waals surface area contributed by atoms with Gasteiger partial charge < -0.3 is 10.6 Å². The first-order valence-electron chi connectivity index (χ1n) is 5.78. The summed E-state index contributed by atoms with van der Waals surface area (Å²) >= 11 is 3.40. The molecule has 0 spiro atoms. The third-order valence-electron chi connectivity index (χ3n) is 2.75. The summed E-state index contributed by atoms with van der Waals surface area (Å²) < 4.78 is 0.997. The van der Waals surface area contributed by atoms with Gasteiger partial charge in [0.2, 0.25) is 5.91 Å². The number of hydrogen-bond donors (Lipinski definition) is 2. The fraction of sp³-hybridized carbons (Fsp3) is 0.143. The molecular formula is C14H13BrN2O2. The van der Waals surface area contributed by atoms with Crippen LogP contribution >= 0.6 is 15.9 Å². The summed E-state index contributed by atoms with van der Waals surface area (Å²) in [6.45, 7) is -0.0201. The maximum Gasteiger partial charge on any atom is 0.251 e. The van der Waals surface area contributed by atoms with Crippen molar-refractivity contribution < 1.29 is 9.59 Å². The molecule has 0 atom stereocenters. The maximum atomic E-state index is 11.9. The highest BCUT2D eigenvalue weighted by Crippen LogP contribution is 2.20. The summed E-state index contributed by atoms with van der Waals surface area (Å²) in [6.07, 6.45) is 0. The average molecular weight is 321 g/mol. The lowest BCUT2D eigenvalue weighted by atomic mass is 10.1. The van der Waals surface area contributed by atoms with Crippen molar-refractivity contribution in [2.24, 2.45) is 0 Å². The summed E-state index contributed by atoms with van der Waals surface area (Å²) in [5.74, 6) is -0.480. The second kappa shape index (κ2) is 5.84. The molecule has 0 aliphatic carbocycles. The van der Waals surface area contributed by atoms with Crippen LogP contribution in [0.25, 0.3) is 10.8 Å². The molecule has 4 nitrogen and oxygen atoms in total. The Labute approximate surface area is 119 Å². The van der Waals surface area contributed by atoms with Crippen LogP contribution in [-0.2, 0) is 4.79 Å². The number of benzene rings is 2. The van der Waals surface area contributed by atoms with Gasteiger partial charge in [-0.1, -0.05) is 28.1 Å². The lowest BCUT2D eigenvalue weighted by Crippen LogP contribution is -2.35. The monoisotopic (exact) mass is 320 g/mol. The largest absolute Gasteiger partial charge is 0.358 e. The van der Waals surface area contributed by atoms with E-state index in [9.17, 15) is 9.59 Å². The van der Waals surface area contributed by atoms with Crippen molar-refractivity contribution in [1.82, 2.24) is 10.6 Å². The van der Waals surface area contributed by atoms with Gasteiger partial charge in [0.05, 0.1) is 6.54 Å². The van der Waals surface area contributed by atoms with E-state index in [1.165, 1.54) is 7.05 Å². The normalized spacial score (nSPS) is 10.2. The lowest BCUT2D eigenvalue weighted by molar-refractivity contribution is -0.119. The van der Waals surface area contributed by atoms with E-state index < -0.39 is 0 Å². The number of nitrogens with one attached hydrogen (secondary N) is 2. The van der Waals surface area contributed by atoms with Crippen LogP contribution in [0.1, 0.15) is 10.4 Å². The Balaban J connectivity index is 2.19. The molecule has 2 aromatic carbocycles. The van der Waals surface area contributed by atoms with Crippen LogP contribution in [0.4, 0.5) is 0 Å². The zero-order valence-corrected chi connectivity index (χ0v) is 12.0. The first-order valence-corrected chi connectivity index (χ1v) is 6.57. The molecule has 0 bridgehead atoms. The Morgan fingerprint density at radius 2 is 1.79 bits per heavy atom. The highest BCUT2D eigenvalue weighted by atomic mass is 79.9. The number of carbonyl (C=O) groups is 2. The molecule has 5 heteroatoms. The molecular weight excluding hydrogens is 308 g/mol. The highest BCUT2D eigenvalue weighted by Gasteiger charge is 2.07. The number of carbonyl (C=O) groups excluding carboxylic acids is 2. The molecule has 2 aromatic rings. The number of amides is 2. The van der Waals surface area contributed by atoms with Gasteiger partial charge in [0.25, 0.3) is 5.91 Å². The Morgan fingerprint density at radius 3 is 2.53 bits per heavy atom. The van der Waals surface area contributed by atoms with Crippen LogP contribution in [-0.4, -0.2) is 25.4 Å². The molecule has 2 rings (SSSR count). The van der Waals surface area contributed by atoms with Crippen molar-refractivity contribution in [2.75, 3.05) is 13.6 Å². The number of halogens is 1. The Bertz CT molecular complexity index is 640. The highest BCUT2D eigenvalue weighted by molar-refractivity contribution is 9.10. The minimum atomic E-state index is -0.256. The van der Waals surface area contributed by atoms with Crippen molar-refractivity contribution in [3.63, 3.8) is 0 Å². The van der Waals surface area contributed by atoms with Gasteiger partial charge in [-0.05, 0) is 35.0 Å². The van der Waals surface area contributed by atoms with Crippen molar-refractivity contribution in [3.05, 3.63) is 46.4 Å². The molecule has 2 amide bonds. The molecule has 0 aliphatic rings. The summed E-state index contributed by atoms with van der Waals surface area (Å²) in [4.78, 5) is 22.9. The first kappa shape index (κ1) is 13.5. The molecule has 0 radical (unpaired) electrons. The van der Waals surface area contributed by atoms with E-state index in [1.54, 1.807) is 12.1 Å². The predicted molar refractivity (Wildman–Crippen MR) is 78.0 cm³/mol. The third-order valence-corrected chi connectivity index (χ3v) is 3.25. The summed E-state index contributed by atoms with van der Waals surface area (Å²) in [5, 5.41) is 7.05. The Morgan fingerprint density at radius 1 is 1.11 bits per heavy atom. The molecule has 0 heterocycles. The molecule has 0 saturated carbocycles. The van der Waals surface area contributed by atoms with Gasteiger partial charge in [-0.15, -0.1) is 0 Å². The second-order valence-corrected chi connectivity index (χ2v) is 4.98. The summed E-state index contributed by atoms with van der Waals surface area (Å²) in [6, 6.07) is 11.3. The van der Waals surface area contributed by atoms with Gasteiger partial charge >= 0.3 is 0 Å². The van der Waals surface area contributed by atoms with E-state index in [-0.39, 0.29) is 18.4 Å². The third kappa shape index (κ3) is 3.32. The van der Waals surface area contributed by atoms with Gasteiger partial charge in [-0.3, -0.25) is 9.59 Å². The molecule has 0 unspecified atom stereocenters. The van der Waals surface area contributed by atoms with Crippen molar-refractivity contribution in [3.8, 4) is 0 Å².